The number of carbonyl (C=O) groups is 1. The molecule has 8 heavy (non-hydrogen) atoms. The van der Waals surface area contributed by atoms with Crippen molar-refractivity contribution < 1.29 is 14.6 Å². The molecule has 3 heteroatoms. The molecule has 0 radical (unpaired) electrons. The zero-order valence-corrected chi connectivity index (χ0v) is 4.26. The molecule has 2 fully saturated rings. The maximum atomic E-state index is 10.5. The topological polar surface area (TPSA) is 46.5 Å². The second-order valence-corrected chi connectivity index (χ2v) is 2.42. The molecule has 1 aliphatic heterocycles. The quantitative estimate of drug-likeness (QED) is 0.423. The predicted octanol–water partition coefficient (Wildman–Crippen LogP) is -0.706. The van der Waals surface area contributed by atoms with Crippen molar-refractivity contribution in [3.05, 3.63) is 0 Å². The molecule has 0 bridgehead atoms. The molecule has 1 aliphatic carbocycles. The fraction of sp³-hybridized carbons (Fsp3) is 0.800. The Kier molecular flexibility index (Phi) is 0.492. The van der Waals surface area contributed by atoms with Crippen LogP contribution in [0.2, 0.25) is 0 Å². The zero-order chi connectivity index (χ0) is 5.78. The van der Waals surface area contributed by atoms with Crippen LogP contribution in [-0.4, -0.2) is 23.3 Å². The molecule has 1 saturated carbocycles. The van der Waals surface area contributed by atoms with Gasteiger partial charge in [0.25, 0.3) is 0 Å². The van der Waals surface area contributed by atoms with Crippen LogP contribution in [-0.2, 0) is 9.53 Å². The Morgan fingerprint density at radius 3 is 2.75 bits per heavy atom. The highest BCUT2D eigenvalue weighted by Gasteiger charge is 2.65. The van der Waals surface area contributed by atoms with Gasteiger partial charge in [0.05, 0.1) is 6.61 Å². The highest BCUT2D eigenvalue weighted by Crippen LogP contribution is 2.48. The summed E-state index contributed by atoms with van der Waals surface area (Å²) in [4.78, 5) is 10.5. The molecule has 0 aromatic rings. The molecule has 0 spiro atoms. The molecule has 2 aliphatic rings. The van der Waals surface area contributed by atoms with Gasteiger partial charge < -0.3 is 9.84 Å². The third-order valence-corrected chi connectivity index (χ3v) is 1.84. The summed E-state index contributed by atoms with van der Waals surface area (Å²) < 4.78 is 4.53. The normalized spacial score (nSPS) is 50.6. The van der Waals surface area contributed by atoms with Crippen LogP contribution in [0.15, 0.2) is 0 Å². The van der Waals surface area contributed by atoms with E-state index >= 15 is 0 Å². The van der Waals surface area contributed by atoms with Crippen LogP contribution in [0.3, 0.4) is 0 Å². The minimum Gasteiger partial charge on any atom is -0.463 e. The van der Waals surface area contributed by atoms with E-state index < -0.39 is 11.6 Å². The lowest BCUT2D eigenvalue weighted by Gasteiger charge is -1.96. The Hall–Kier alpha value is -0.570. The lowest BCUT2D eigenvalue weighted by atomic mass is 10.3. The highest BCUT2D eigenvalue weighted by molar-refractivity contribution is 5.85. The number of cyclic esters (lactones) is 1. The Morgan fingerprint density at radius 2 is 2.62 bits per heavy atom. The van der Waals surface area contributed by atoms with Gasteiger partial charge >= 0.3 is 5.97 Å². The van der Waals surface area contributed by atoms with E-state index in [1.807, 2.05) is 0 Å². The monoisotopic (exact) mass is 114 g/mol. The molecule has 3 nitrogen and oxygen atoms in total. The summed E-state index contributed by atoms with van der Waals surface area (Å²) >= 11 is 0. The van der Waals surface area contributed by atoms with Gasteiger partial charge in [-0.1, -0.05) is 0 Å². The van der Waals surface area contributed by atoms with E-state index in [1.54, 1.807) is 0 Å². The first kappa shape index (κ1) is 4.32. The number of rotatable bonds is 0. The fourth-order valence-electron chi connectivity index (χ4n) is 1.06. The van der Waals surface area contributed by atoms with Gasteiger partial charge in [-0.3, -0.25) is 0 Å². The van der Waals surface area contributed by atoms with Gasteiger partial charge in [0.2, 0.25) is 0 Å². The van der Waals surface area contributed by atoms with Gasteiger partial charge in [-0.05, 0) is 6.42 Å². The lowest BCUT2D eigenvalue weighted by molar-refractivity contribution is -0.149. The lowest BCUT2D eigenvalue weighted by Crippen LogP contribution is -2.19. The maximum absolute atomic E-state index is 10.5. The van der Waals surface area contributed by atoms with E-state index in [4.69, 9.17) is 5.11 Å². The summed E-state index contributed by atoms with van der Waals surface area (Å²) in [6.45, 7) is 0.426. The second kappa shape index (κ2) is 0.910. The summed E-state index contributed by atoms with van der Waals surface area (Å²) in [6.07, 6.45) is 0.617. The number of ether oxygens (including phenoxy) is 1. The average molecular weight is 114 g/mol. The van der Waals surface area contributed by atoms with Gasteiger partial charge in [0, 0.05) is 5.92 Å². The van der Waals surface area contributed by atoms with Crippen molar-refractivity contribution in [2.75, 3.05) is 6.61 Å². The first-order valence-corrected chi connectivity index (χ1v) is 2.63. The Labute approximate surface area is 46.3 Å². The van der Waals surface area contributed by atoms with Gasteiger partial charge in [-0.25, -0.2) is 4.79 Å². The molecule has 1 heterocycles. The zero-order valence-electron chi connectivity index (χ0n) is 4.26. The van der Waals surface area contributed by atoms with Crippen LogP contribution in [0.5, 0.6) is 0 Å². The summed E-state index contributed by atoms with van der Waals surface area (Å²) in [5, 5.41) is 9.06. The molecule has 2 rings (SSSR count). The largest absolute Gasteiger partial charge is 0.463 e. The second-order valence-electron chi connectivity index (χ2n) is 2.42. The summed E-state index contributed by atoms with van der Waals surface area (Å²) in [5.41, 5.74) is -1.04. The van der Waals surface area contributed by atoms with Crippen molar-refractivity contribution in [2.45, 2.75) is 12.0 Å². The minimum atomic E-state index is -1.04. The molecule has 1 N–H and O–H groups in total. The van der Waals surface area contributed by atoms with E-state index in [0.717, 1.165) is 0 Å². The highest BCUT2D eigenvalue weighted by atomic mass is 16.6. The van der Waals surface area contributed by atoms with Crippen LogP contribution in [0.25, 0.3) is 0 Å². The Bertz CT molecular complexity index is 152. The number of carbonyl (C=O) groups excluding carboxylic acids is 1. The van der Waals surface area contributed by atoms with E-state index in [2.05, 4.69) is 4.74 Å². The third kappa shape index (κ3) is 0.282. The van der Waals surface area contributed by atoms with E-state index in [-0.39, 0.29) is 5.92 Å². The summed E-state index contributed by atoms with van der Waals surface area (Å²) in [5.74, 6) is -0.308. The molecule has 0 aromatic heterocycles. The van der Waals surface area contributed by atoms with Crippen LogP contribution < -0.4 is 0 Å². The van der Waals surface area contributed by atoms with Gasteiger partial charge in [0.15, 0.2) is 5.60 Å². The average Bonchev–Trinajstić information content (AvgIpc) is 2.31. The fourth-order valence-corrected chi connectivity index (χ4v) is 1.06. The van der Waals surface area contributed by atoms with Crippen LogP contribution in [0.1, 0.15) is 6.42 Å². The molecule has 1 saturated heterocycles. The molecule has 0 amide bonds. The number of hydrogen-bond donors (Lipinski definition) is 1. The Morgan fingerprint density at radius 1 is 1.88 bits per heavy atom. The maximum Gasteiger partial charge on any atom is 0.338 e. The number of fused-ring (bicyclic) bond motifs is 1. The number of aliphatic hydroxyl groups is 1. The molecule has 0 aromatic carbocycles. The molecular weight excluding hydrogens is 108 g/mol. The van der Waals surface area contributed by atoms with E-state index in [9.17, 15) is 4.79 Å². The smallest absolute Gasteiger partial charge is 0.338 e. The van der Waals surface area contributed by atoms with Crippen molar-refractivity contribution in [1.82, 2.24) is 0 Å². The van der Waals surface area contributed by atoms with E-state index in [1.165, 1.54) is 0 Å². The molecule has 0 unspecified atom stereocenters. The first-order valence-electron chi connectivity index (χ1n) is 2.63. The van der Waals surface area contributed by atoms with Gasteiger partial charge in [-0.2, -0.15) is 0 Å². The summed E-state index contributed by atoms with van der Waals surface area (Å²) in [6, 6.07) is 0. The van der Waals surface area contributed by atoms with Crippen molar-refractivity contribution in [3.8, 4) is 0 Å². The Balaban J connectivity index is 2.31. The van der Waals surface area contributed by atoms with Gasteiger partial charge in [-0.15, -0.1) is 0 Å². The molecule has 44 valence electrons. The van der Waals surface area contributed by atoms with Crippen molar-refractivity contribution in [3.63, 3.8) is 0 Å². The number of esters is 1. The van der Waals surface area contributed by atoms with Crippen LogP contribution in [0, 0.1) is 5.92 Å². The van der Waals surface area contributed by atoms with Crippen molar-refractivity contribution in [2.24, 2.45) is 5.92 Å². The predicted molar refractivity (Wildman–Crippen MR) is 24.0 cm³/mol. The van der Waals surface area contributed by atoms with Gasteiger partial charge in [0.1, 0.15) is 0 Å². The standard InChI is InChI=1S/C5H6O3/c6-4-5(7)1-3(5)2-8-4/h3,7H,1-2H2/t3-,5+/m0/s1. The van der Waals surface area contributed by atoms with Crippen molar-refractivity contribution in [1.29, 1.82) is 0 Å². The number of hydrogen-bond acceptors (Lipinski definition) is 3. The third-order valence-electron chi connectivity index (χ3n) is 1.84. The van der Waals surface area contributed by atoms with Crippen LogP contribution in [0.4, 0.5) is 0 Å². The SMILES string of the molecule is O=C1OC[C@@H]2C[C@]12O. The first-order chi connectivity index (χ1) is 3.73. The minimum absolute atomic E-state index is 0.120. The molecule has 2 atom stereocenters. The summed E-state index contributed by atoms with van der Waals surface area (Å²) in [7, 11) is 0. The van der Waals surface area contributed by atoms with E-state index in [0.29, 0.717) is 13.0 Å². The van der Waals surface area contributed by atoms with Crippen molar-refractivity contribution >= 4 is 5.97 Å². The van der Waals surface area contributed by atoms with Crippen LogP contribution >= 0.6 is 0 Å². The molecular formula is C5H6O3.